The van der Waals surface area contributed by atoms with E-state index < -0.39 is 0 Å². The maximum atomic E-state index is 4.71. The molecule has 0 N–H and O–H groups in total. The van der Waals surface area contributed by atoms with Crippen molar-refractivity contribution < 1.29 is 9.05 Å². The molecular weight excluding hydrogens is 268 g/mol. The fourth-order valence-corrected chi connectivity index (χ4v) is 1.61. The molecule has 0 unspecified atom stereocenters. The summed E-state index contributed by atoms with van der Waals surface area (Å²) in [7, 11) is 0. The van der Waals surface area contributed by atoms with E-state index in [9.17, 15) is 0 Å². The molecule has 0 atom stereocenters. The average molecular weight is 290 g/mol. The van der Waals surface area contributed by atoms with E-state index in [0.29, 0.717) is 11.7 Å². The third-order valence-corrected chi connectivity index (χ3v) is 2.41. The minimum atomic E-state index is 0.623. The van der Waals surface area contributed by atoms with Crippen molar-refractivity contribution >= 4 is 5.71 Å². The van der Waals surface area contributed by atoms with Crippen molar-refractivity contribution in [2.24, 2.45) is 4.99 Å². The zero-order chi connectivity index (χ0) is 15.8. The molecule has 3 heterocycles. The first-order valence-corrected chi connectivity index (χ1v) is 6.72. The van der Waals surface area contributed by atoms with Crippen molar-refractivity contribution in [2.45, 2.75) is 48.0 Å². The van der Waals surface area contributed by atoms with Crippen molar-refractivity contribution in [2.75, 3.05) is 0 Å². The molecule has 0 amide bonds. The topological polar surface area (TPSA) is 77.3 Å². The van der Waals surface area contributed by atoms with Crippen molar-refractivity contribution in [3.05, 3.63) is 41.0 Å². The zero-order valence-electron chi connectivity index (χ0n) is 13.5. The van der Waals surface area contributed by atoms with Gasteiger partial charge in [-0.25, -0.2) is 0 Å². The number of rotatable bonds is 0. The third-order valence-electron chi connectivity index (χ3n) is 2.41. The van der Waals surface area contributed by atoms with Crippen LogP contribution in [-0.4, -0.2) is 21.0 Å². The van der Waals surface area contributed by atoms with Crippen molar-refractivity contribution in [3.8, 4) is 0 Å². The molecule has 3 rings (SSSR count). The predicted octanol–water partition coefficient (Wildman–Crippen LogP) is 3.73. The van der Waals surface area contributed by atoms with E-state index in [4.69, 9.17) is 4.52 Å². The quantitative estimate of drug-likeness (QED) is 0.738. The second-order valence-electron chi connectivity index (χ2n) is 4.96. The van der Waals surface area contributed by atoms with E-state index in [0.717, 1.165) is 17.9 Å². The van der Waals surface area contributed by atoms with Crippen LogP contribution in [0.3, 0.4) is 0 Å². The maximum Gasteiger partial charge on any atom is 0.223 e. The predicted molar refractivity (Wildman–Crippen MR) is 81.2 cm³/mol. The van der Waals surface area contributed by atoms with Gasteiger partial charge < -0.3 is 9.05 Å². The van der Waals surface area contributed by atoms with E-state index in [-0.39, 0.29) is 0 Å². The fourth-order valence-electron chi connectivity index (χ4n) is 1.61. The van der Waals surface area contributed by atoms with Crippen molar-refractivity contribution in [3.63, 3.8) is 0 Å². The molecule has 0 spiro atoms. The van der Waals surface area contributed by atoms with Crippen LogP contribution in [0.15, 0.2) is 31.9 Å². The summed E-state index contributed by atoms with van der Waals surface area (Å²) in [4.78, 5) is 7.91. The number of aromatic nitrogens is 3. The smallest absolute Gasteiger partial charge is 0.223 e. The molecular formula is C15H22N4O2. The van der Waals surface area contributed by atoms with Crippen LogP contribution in [-0.2, 0) is 0 Å². The van der Waals surface area contributed by atoms with Gasteiger partial charge in [-0.05, 0) is 40.2 Å². The molecule has 0 aliphatic carbocycles. The lowest BCUT2D eigenvalue weighted by Crippen LogP contribution is -1.82. The molecule has 6 heteroatoms. The number of hydrogen-bond acceptors (Lipinski definition) is 6. The van der Waals surface area contributed by atoms with Gasteiger partial charge in [-0.2, -0.15) is 4.98 Å². The van der Waals surface area contributed by atoms with Gasteiger partial charge in [-0.1, -0.05) is 10.3 Å². The van der Waals surface area contributed by atoms with Gasteiger partial charge in [-0.15, -0.1) is 0 Å². The standard InChI is InChI=1S/C6H9N.C5H7NO.C4H6N2O/c1-5-3-6(2)7-4-5;1-4-3-5(2)7-6-4;1-3-5-4(2)7-6-3/h4H,3H2,1-2H3;3H,1-2H3;1-2H3. The Morgan fingerprint density at radius 2 is 1.67 bits per heavy atom. The Balaban J connectivity index is 0.000000157. The summed E-state index contributed by atoms with van der Waals surface area (Å²) in [5.41, 5.74) is 3.55. The van der Waals surface area contributed by atoms with E-state index in [1.807, 2.05) is 33.0 Å². The zero-order valence-corrected chi connectivity index (χ0v) is 13.5. The van der Waals surface area contributed by atoms with E-state index in [1.54, 1.807) is 13.8 Å². The lowest BCUT2D eigenvalue weighted by Gasteiger charge is -1.84. The largest absolute Gasteiger partial charge is 0.361 e. The van der Waals surface area contributed by atoms with E-state index >= 15 is 0 Å². The van der Waals surface area contributed by atoms with Crippen LogP contribution in [0.4, 0.5) is 0 Å². The van der Waals surface area contributed by atoms with Crippen LogP contribution in [0.25, 0.3) is 0 Å². The van der Waals surface area contributed by atoms with Gasteiger partial charge in [0.25, 0.3) is 0 Å². The monoisotopic (exact) mass is 290 g/mol. The number of aryl methyl sites for hydroxylation is 4. The lowest BCUT2D eigenvalue weighted by atomic mass is 10.2. The van der Waals surface area contributed by atoms with Crippen LogP contribution >= 0.6 is 0 Å². The van der Waals surface area contributed by atoms with Gasteiger partial charge in [0.2, 0.25) is 5.89 Å². The summed E-state index contributed by atoms with van der Waals surface area (Å²) >= 11 is 0. The molecule has 114 valence electrons. The van der Waals surface area contributed by atoms with Crippen LogP contribution in [0, 0.1) is 27.7 Å². The Labute approximate surface area is 124 Å². The molecule has 6 nitrogen and oxygen atoms in total. The van der Waals surface area contributed by atoms with Crippen LogP contribution in [0.2, 0.25) is 0 Å². The molecule has 2 aromatic heterocycles. The highest BCUT2D eigenvalue weighted by molar-refractivity contribution is 5.86. The van der Waals surface area contributed by atoms with Gasteiger partial charge >= 0.3 is 0 Å². The Morgan fingerprint density at radius 3 is 1.81 bits per heavy atom. The SMILES string of the molecule is CC1=CN=C(C)C1.Cc1cc(C)on1.Cc1noc(C)n1. The fraction of sp³-hybridized carbons (Fsp3) is 0.467. The molecule has 1 aliphatic heterocycles. The second-order valence-corrected chi connectivity index (χ2v) is 4.96. The number of nitrogens with zero attached hydrogens (tertiary/aromatic N) is 4. The second kappa shape index (κ2) is 8.14. The number of aliphatic imine (C=N–C) groups is 1. The first-order valence-electron chi connectivity index (χ1n) is 6.72. The maximum absolute atomic E-state index is 4.71. The molecule has 0 radical (unpaired) electrons. The highest BCUT2D eigenvalue weighted by atomic mass is 16.5. The molecule has 2 aromatic rings. The summed E-state index contributed by atoms with van der Waals surface area (Å²) in [5.74, 6) is 2.19. The van der Waals surface area contributed by atoms with Gasteiger partial charge in [0, 0.05) is 31.3 Å². The molecule has 0 saturated carbocycles. The molecule has 0 bridgehead atoms. The highest BCUT2D eigenvalue weighted by Gasteiger charge is 1.97. The Kier molecular flexibility index (Phi) is 6.52. The van der Waals surface area contributed by atoms with Crippen LogP contribution < -0.4 is 0 Å². The van der Waals surface area contributed by atoms with E-state index in [1.165, 1.54) is 11.3 Å². The molecule has 1 aliphatic rings. The van der Waals surface area contributed by atoms with E-state index in [2.05, 4.69) is 31.7 Å². The number of allylic oxidation sites excluding steroid dienone is 1. The first kappa shape index (κ1) is 16.8. The third kappa shape index (κ3) is 7.20. The molecule has 0 saturated heterocycles. The summed E-state index contributed by atoms with van der Waals surface area (Å²) in [6.45, 7) is 11.5. The Bertz CT molecular complexity index is 536. The van der Waals surface area contributed by atoms with Gasteiger partial charge in [0.1, 0.15) is 5.76 Å². The Morgan fingerprint density at radius 1 is 0.952 bits per heavy atom. The normalized spacial score (nSPS) is 12.7. The van der Waals surface area contributed by atoms with Crippen molar-refractivity contribution in [1.29, 1.82) is 0 Å². The molecule has 0 aromatic carbocycles. The summed E-state index contributed by atoms with van der Waals surface area (Å²) in [6.07, 6.45) is 3.01. The number of hydrogen-bond donors (Lipinski definition) is 0. The van der Waals surface area contributed by atoms with Crippen molar-refractivity contribution in [1.82, 2.24) is 15.3 Å². The molecule has 21 heavy (non-hydrogen) atoms. The summed E-state index contributed by atoms with van der Waals surface area (Å²) < 4.78 is 9.32. The average Bonchev–Trinajstić information content (AvgIpc) is 3.06. The van der Waals surface area contributed by atoms with Gasteiger partial charge in [-0.3, -0.25) is 4.99 Å². The highest BCUT2D eigenvalue weighted by Crippen LogP contribution is 2.08. The van der Waals surface area contributed by atoms with Gasteiger partial charge in [0.05, 0.1) is 5.69 Å². The Hall–Kier alpha value is -2.24. The van der Waals surface area contributed by atoms with Gasteiger partial charge in [0.15, 0.2) is 5.82 Å². The first-order chi connectivity index (χ1) is 9.86. The molecule has 0 fully saturated rings. The summed E-state index contributed by atoms with van der Waals surface area (Å²) in [6, 6.07) is 1.89. The van der Waals surface area contributed by atoms with Crippen LogP contribution in [0.5, 0.6) is 0 Å². The lowest BCUT2D eigenvalue weighted by molar-refractivity contribution is 0.389. The minimum Gasteiger partial charge on any atom is -0.361 e. The van der Waals surface area contributed by atoms with Crippen LogP contribution in [0.1, 0.15) is 43.4 Å². The minimum absolute atomic E-state index is 0.623. The summed E-state index contributed by atoms with van der Waals surface area (Å²) in [5, 5.41) is 7.17.